The highest BCUT2D eigenvalue weighted by atomic mass is 32.2. The zero-order valence-electron chi connectivity index (χ0n) is 12.3. The van der Waals surface area contributed by atoms with Crippen LogP contribution in [0.3, 0.4) is 0 Å². The predicted octanol–water partition coefficient (Wildman–Crippen LogP) is 2.23. The van der Waals surface area contributed by atoms with Crippen molar-refractivity contribution in [2.45, 2.75) is 17.7 Å². The lowest BCUT2D eigenvalue weighted by molar-refractivity contribution is 0.0697. The minimum Gasteiger partial charge on any atom is -0.478 e. The molecule has 6 nitrogen and oxygen atoms in total. The maximum atomic E-state index is 12.6. The SMILES string of the molecule is O=C(O)c1cnccc1-c1cccc(S(=O)(=O)N2CCCC2)c1. The van der Waals surface area contributed by atoms with Gasteiger partial charge in [-0.05, 0) is 42.2 Å². The normalized spacial score (nSPS) is 15.7. The predicted molar refractivity (Wildman–Crippen MR) is 84.6 cm³/mol. The van der Waals surface area contributed by atoms with Crippen molar-refractivity contribution in [3.63, 3.8) is 0 Å². The van der Waals surface area contributed by atoms with Crippen LogP contribution in [-0.4, -0.2) is 41.9 Å². The second-order valence-electron chi connectivity index (χ2n) is 5.37. The Morgan fingerprint density at radius 1 is 1.17 bits per heavy atom. The summed E-state index contributed by atoms with van der Waals surface area (Å²) in [5.74, 6) is -1.10. The van der Waals surface area contributed by atoms with Gasteiger partial charge in [0.15, 0.2) is 0 Å². The Morgan fingerprint density at radius 2 is 1.91 bits per heavy atom. The third kappa shape index (κ3) is 2.97. The summed E-state index contributed by atoms with van der Waals surface area (Å²) in [6, 6.07) is 7.97. The minimum absolute atomic E-state index is 0.0446. The quantitative estimate of drug-likeness (QED) is 0.927. The first-order chi connectivity index (χ1) is 11.0. The number of aromatic carboxylic acids is 1. The molecule has 1 saturated heterocycles. The number of nitrogens with zero attached hydrogens (tertiary/aromatic N) is 2. The monoisotopic (exact) mass is 332 g/mol. The van der Waals surface area contributed by atoms with E-state index in [-0.39, 0.29) is 10.5 Å². The molecule has 0 spiro atoms. The van der Waals surface area contributed by atoms with E-state index in [9.17, 15) is 18.3 Å². The van der Waals surface area contributed by atoms with Gasteiger partial charge in [0.2, 0.25) is 10.0 Å². The fourth-order valence-electron chi connectivity index (χ4n) is 2.72. The van der Waals surface area contributed by atoms with Crippen molar-refractivity contribution < 1.29 is 18.3 Å². The van der Waals surface area contributed by atoms with Crippen LogP contribution < -0.4 is 0 Å². The first-order valence-electron chi connectivity index (χ1n) is 7.28. The zero-order chi connectivity index (χ0) is 16.4. The van der Waals surface area contributed by atoms with Crippen molar-refractivity contribution in [2.75, 3.05) is 13.1 Å². The van der Waals surface area contributed by atoms with E-state index in [4.69, 9.17) is 0 Å². The van der Waals surface area contributed by atoms with Crippen molar-refractivity contribution >= 4 is 16.0 Å². The molecule has 1 N–H and O–H groups in total. The van der Waals surface area contributed by atoms with Gasteiger partial charge in [-0.3, -0.25) is 4.98 Å². The molecule has 1 aliphatic rings. The van der Waals surface area contributed by atoms with Gasteiger partial charge in [0.05, 0.1) is 10.5 Å². The summed E-state index contributed by atoms with van der Waals surface area (Å²) in [4.78, 5) is 15.3. The van der Waals surface area contributed by atoms with Crippen LogP contribution in [0.1, 0.15) is 23.2 Å². The smallest absolute Gasteiger partial charge is 0.337 e. The molecule has 1 aromatic carbocycles. The molecular weight excluding hydrogens is 316 g/mol. The molecule has 0 radical (unpaired) electrons. The number of sulfonamides is 1. The molecule has 1 aromatic heterocycles. The molecular formula is C16H16N2O4S. The Balaban J connectivity index is 2.06. The molecule has 23 heavy (non-hydrogen) atoms. The fraction of sp³-hybridized carbons (Fsp3) is 0.250. The largest absolute Gasteiger partial charge is 0.478 e. The van der Waals surface area contributed by atoms with Gasteiger partial charge in [-0.15, -0.1) is 0 Å². The van der Waals surface area contributed by atoms with Crippen LogP contribution in [-0.2, 0) is 10.0 Å². The number of aromatic nitrogens is 1. The molecule has 2 heterocycles. The highest BCUT2D eigenvalue weighted by Gasteiger charge is 2.27. The third-order valence-electron chi connectivity index (χ3n) is 3.90. The van der Waals surface area contributed by atoms with Crippen LogP contribution in [0.5, 0.6) is 0 Å². The Hall–Kier alpha value is -2.25. The molecule has 2 aromatic rings. The number of rotatable bonds is 4. The van der Waals surface area contributed by atoms with Crippen molar-refractivity contribution in [3.05, 3.63) is 48.3 Å². The van der Waals surface area contributed by atoms with Gasteiger partial charge < -0.3 is 5.11 Å². The standard InChI is InChI=1S/C16H16N2O4S/c19-16(20)15-11-17-7-6-14(15)12-4-3-5-13(10-12)23(21,22)18-8-1-2-9-18/h3-7,10-11H,1-2,8-9H2,(H,19,20). The molecule has 0 saturated carbocycles. The highest BCUT2D eigenvalue weighted by molar-refractivity contribution is 7.89. The zero-order valence-corrected chi connectivity index (χ0v) is 13.2. The first-order valence-corrected chi connectivity index (χ1v) is 8.72. The second kappa shape index (κ2) is 6.10. The maximum absolute atomic E-state index is 12.6. The molecule has 1 fully saturated rings. The number of hydrogen-bond donors (Lipinski definition) is 1. The van der Waals surface area contributed by atoms with Gasteiger partial charge in [0, 0.05) is 25.5 Å². The van der Waals surface area contributed by atoms with Gasteiger partial charge in [0.1, 0.15) is 0 Å². The van der Waals surface area contributed by atoms with Gasteiger partial charge >= 0.3 is 5.97 Å². The van der Waals surface area contributed by atoms with E-state index in [1.165, 1.54) is 22.8 Å². The van der Waals surface area contributed by atoms with E-state index in [0.717, 1.165) is 12.8 Å². The van der Waals surface area contributed by atoms with Crippen LogP contribution in [0.2, 0.25) is 0 Å². The van der Waals surface area contributed by atoms with Gasteiger partial charge in [0.25, 0.3) is 0 Å². The Morgan fingerprint density at radius 3 is 2.61 bits per heavy atom. The minimum atomic E-state index is -3.53. The molecule has 1 aliphatic heterocycles. The Kier molecular flexibility index (Phi) is 4.14. The number of carbonyl (C=O) groups is 1. The Labute approximate surface area is 134 Å². The molecule has 0 aliphatic carbocycles. The molecule has 3 rings (SSSR count). The van der Waals surface area contributed by atoms with Gasteiger partial charge in [-0.2, -0.15) is 4.31 Å². The van der Waals surface area contributed by atoms with Crippen molar-refractivity contribution in [2.24, 2.45) is 0 Å². The lowest BCUT2D eigenvalue weighted by atomic mass is 10.0. The van der Waals surface area contributed by atoms with E-state index in [0.29, 0.717) is 24.2 Å². The van der Waals surface area contributed by atoms with Crippen LogP contribution >= 0.6 is 0 Å². The van der Waals surface area contributed by atoms with Crippen molar-refractivity contribution in [3.8, 4) is 11.1 Å². The summed E-state index contributed by atoms with van der Waals surface area (Å²) in [6.45, 7) is 1.06. The van der Waals surface area contributed by atoms with Crippen LogP contribution in [0.25, 0.3) is 11.1 Å². The second-order valence-corrected chi connectivity index (χ2v) is 7.30. The van der Waals surface area contributed by atoms with E-state index in [1.807, 2.05) is 0 Å². The van der Waals surface area contributed by atoms with Crippen LogP contribution in [0, 0.1) is 0 Å². The molecule has 0 unspecified atom stereocenters. The van der Waals surface area contributed by atoms with E-state index in [1.54, 1.807) is 24.3 Å². The van der Waals surface area contributed by atoms with Gasteiger partial charge in [-0.25, -0.2) is 13.2 Å². The summed E-state index contributed by atoms with van der Waals surface area (Å²) in [5, 5.41) is 9.26. The van der Waals surface area contributed by atoms with E-state index < -0.39 is 16.0 Å². The number of hydrogen-bond acceptors (Lipinski definition) is 4. The van der Waals surface area contributed by atoms with Crippen molar-refractivity contribution in [1.29, 1.82) is 0 Å². The van der Waals surface area contributed by atoms with E-state index >= 15 is 0 Å². The lowest BCUT2D eigenvalue weighted by Gasteiger charge is -2.16. The molecule has 120 valence electrons. The number of benzene rings is 1. The lowest BCUT2D eigenvalue weighted by Crippen LogP contribution is -2.27. The summed E-state index contributed by atoms with van der Waals surface area (Å²) in [5.41, 5.74) is 1.04. The number of carboxylic acids is 1. The average Bonchev–Trinajstić information content (AvgIpc) is 3.10. The van der Waals surface area contributed by atoms with Crippen LogP contribution in [0.15, 0.2) is 47.6 Å². The summed E-state index contributed by atoms with van der Waals surface area (Å²) in [7, 11) is -3.53. The summed E-state index contributed by atoms with van der Waals surface area (Å²) < 4.78 is 26.7. The summed E-state index contributed by atoms with van der Waals surface area (Å²) >= 11 is 0. The molecule has 7 heteroatoms. The number of carboxylic acid groups (broad SMARTS) is 1. The van der Waals surface area contributed by atoms with Crippen LogP contribution in [0.4, 0.5) is 0 Å². The third-order valence-corrected chi connectivity index (χ3v) is 5.79. The fourth-order valence-corrected chi connectivity index (χ4v) is 4.28. The molecule has 0 bridgehead atoms. The van der Waals surface area contributed by atoms with Crippen molar-refractivity contribution in [1.82, 2.24) is 9.29 Å². The molecule has 0 amide bonds. The summed E-state index contributed by atoms with van der Waals surface area (Å²) in [6.07, 6.45) is 4.49. The average molecular weight is 332 g/mol. The maximum Gasteiger partial charge on any atom is 0.337 e. The number of pyridine rings is 1. The van der Waals surface area contributed by atoms with Gasteiger partial charge in [-0.1, -0.05) is 12.1 Å². The first kappa shape index (κ1) is 15.6. The van der Waals surface area contributed by atoms with E-state index in [2.05, 4.69) is 4.98 Å². The topological polar surface area (TPSA) is 87.6 Å². The Bertz CT molecular complexity index is 843. The highest BCUT2D eigenvalue weighted by Crippen LogP contribution is 2.28. The molecule has 0 atom stereocenters.